The predicted octanol–water partition coefficient (Wildman–Crippen LogP) is 9.04. The molecule has 2 saturated carbocycles. The second kappa shape index (κ2) is 10.7. The highest BCUT2D eigenvalue weighted by atomic mass is 19.1. The minimum Gasteiger partial charge on any atom is -0.256 e. The summed E-state index contributed by atoms with van der Waals surface area (Å²) in [6.07, 6.45) is 17.5. The van der Waals surface area contributed by atoms with Crippen molar-refractivity contribution in [3.05, 3.63) is 53.5 Å². The first-order valence-corrected chi connectivity index (χ1v) is 12.9. The van der Waals surface area contributed by atoms with Crippen molar-refractivity contribution in [2.75, 3.05) is 0 Å². The van der Waals surface area contributed by atoms with E-state index in [-0.39, 0.29) is 5.82 Å². The van der Waals surface area contributed by atoms with Crippen molar-refractivity contribution in [2.24, 2.45) is 11.8 Å². The fraction of sp³-hybridized carbons (Fsp3) is 0.621. The molecule has 2 heteroatoms. The number of benzene rings is 1. The molecule has 2 aromatic rings. The second-order valence-corrected chi connectivity index (χ2v) is 10.2. The van der Waals surface area contributed by atoms with Crippen LogP contribution in [0.15, 0.2) is 36.5 Å². The van der Waals surface area contributed by atoms with Crippen LogP contribution in [-0.2, 0) is 0 Å². The largest absolute Gasteiger partial charge is 0.256 e. The van der Waals surface area contributed by atoms with E-state index >= 15 is 4.39 Å². The normalized spacial score (nSPS) is 26.7. The van der Waals surface area contributed by atoms with Crippen molar-refractivity contribution in [1.82, 2.24) is 4.98 Å². The Bertz CT molecular complexity index is 811. The number of nitrogens with zero attached hydrogens (tertiary/aromatic N) is 1. The Labute approximate surface area is 188 Å². The van der Waals surface area contributed by atoms with Gasteiger partial charge in [0.15, 0.2) is 0 Å². The van der Waals surface area contributed by atoms with Gasteiger partial charge < -0.3 is 0 Å². The van der Waals surface area contributed by atoms with Crippen LogP contribution < -0.4 is 0 Å². The highest BCUT2D eigenvalue weighted by molar-refractivity contribution is 5.60. The van der Waals surface area contributed by atoms with Crippen LogP contribution in [0.25, 0.3) is 11.3 Å². The summed E-state index contributed by atoms with van der Waals surface area (Å²) >= 11 is 0. The second-order valence-electron chi connectivity index (χ2n) is 10.2. The fourth-order valence-corrected chi connectivity index (χ4v) is 5.98. The molecular weight excluding hydrogens is 381 g/mol. The molecule has 0 spiro atoms. The van der Waals surface area contributed by atoms with E-state index in [9.17, 15) is 0 Å². The van der Waals surface area contributed by atoms with Crippen LogP contribution in [0, 0.1) is 17.7 Å². The maximum absolute atomic E-state index is 15.0. The standard InChI is InChI=1S/C29H40FN/c1-3-5-6-22-9-13-23(14-10-22)25-15-17-27(28(30)19-25)29-18-16-26(20-31-29)24-11-7-21(4-2)8-12-24/h15-24H,3-14H2,1-2H3. The number of unbranched alkanes of at least 4 members (excludes halogenated alkanes) is 1. The molecule has 0 unspecified atom stereocenters. The van der Waals surface area contributed by atoms with Gasteiger partial charge in [-0.25, -0.2) is 4.39 Å². The van der Waals surface area contributed by atoms with E-state index in [2.05, 4.69) is 31.0 Å². The fourth-order valence-electron chi connectivity index (χ4n) is 5.98. The van der Waals surface area contributed by atoms with Gasteiger partial charge in [0.25, 0.3) is 0 Å². The lowest BCUT2D eigenvalue weighted by Gasteiger charge is -2.29. The lowest BCUT2D eigenvalue weighted by atomic mass is 9.77. The first kappa shape index (κ1) is 22.5. The zero-order valence-corrected chi connectivity index (χ0v) is 19.6. The Hall–Kier alpha value is -1.70. The molecule has 0 radical (unpaired) electrons. The average molecular weight is 422 g/mol. The summed E-state index contributed by atoms with van der Waals surface area (Å²) in [4.78, 5) is 4.66. The smallest absolute Gasteiger partial charge is 0.132 e. The van der Waals surface area contributed by atoms with Crippen LogP contribution in [0.3, 0.4) is 0 Å². The van der Waals surface area contributed by atoms with Gasteiger partial charge in [-0.2, -0.15) is 0 Å². The molecule has 1 aromatic heterocycles. The van der Waals surface area contributed by atoms with E-state index in [0.717, 1.165) is 17.5 Å². The molecule has 0 saturated heterocycles. The van der Waals surface area contributed by atoms with Gasteiger partial charge in [0, 0.05) is 11.8 Å². The maximum Gasteiger partial charge on any atom is 0.132 e. The van der Waals surface area contributed by atoms with Crippen molar-refractivity contribution < 1.29 is 4.39 Å². The van der Waals surface area contributed by atoms with Crippen molar-refractivity contribution in [3.63, 3.8) is 0 Å². The Balaban J connectivity index is 1.38. The average Bonchev–Trinajstić information content (AvgIpc) is 2.83. The molecule has 168 valence electrons. The number of hydrogen-bond acceptors (Lipinski definition) is 1. The van der Waals surface area contributed by atoms with Gasteiger partial charge in [0.05, 0.1) is 5.69 Å². The van der Waals surface area contributed by atoms with Crippen LogP contribution in [0.2, 0.25) is 0 Å². The van der Waals surface area contributed by atoms with Gasteiger partial charge in [-0.3, -0.25) is 4.98 Å². The van der Waals surface area contributed by atoms with Crippen molar-refractivity contribution in [1.29, 1.82) is 0 Å². The van der Waals surface area contributed by atoms with E-state index in [1.807, 2.05) is 18.3 Å². The van der Waals surface area contributed by atoms with Crippen LogP contribution in [0.5, 0.6) is 0 Å². The molecule has 2 aliphatic carbocycles. The quantitative estimate of drug-likeness (QED) is 0.434. The zero-order chi connectivity index (χ0) is 21.6. The lowest BCUT2D eigenvalue weighted by Crippen LogP contribution is -2.13. The molecule has 1 heterocycles. The Kier molecular flexibility index (Phi) is 7.80. The molecule has 0 bridgehead atoms. The summed E-state index contributed by atoms with van der Waals surface area (Å²) in [5.74, 6) is 2.83. The summed E-state index contributed by atoms with van der Waals surface area (Å²) in [7, 11) is 0. The topological polar surface area (TPSA) is 12.9 Å². The van der Waals surface area contributed by atoms with E-state index in [4.69, 9.17) is 0 Å². The van der Waals surface area contributed by atoms with Gasteiger partial charge in [-0.15, -0.1) is 0 Å². The lowest BCUT2D eigenvalue weighted by molar-refractivity contribution is 0.304. The van der Waals surface area contributed by atoms with Crippen molar-refractivity contribution in [3.8, 4) is 11.3 Å². The minimum atomic E-state index is -0.116. The molecule has 1 nitrogen and oxygen atoms in total. The molecule has 2 aliphatic rings. The van der Waals surface area contributed by atoms with E-state index in [0.29, 0.717) is 17.4 Å². The molecule has 1 aromatic carbocycles. The van der Waals surface area contributed by atoms with Gasteiger partial charge in [-0.1, -0.05) is 51.7 Å². The van der Waals surface area contributed by atoms with Crippen molar-refractivity contribution in [2.45, 2.75) is 103 Å². The molecule has 0 aliphatic heterocycles. The number of pyridine rings is 1. The SMILES string of the molecule is CCCCC1CCC(c2ccc(-c3ccc(C4CCC(CC)CC4)cn3)c(F)c2)CC1. The third-order valence-corrected chi connectivity index (χ3v) is 8.24. The predicted molar refractivity (Wildman–Crippen MR) is 129 cm³/mol. The van der Waals surface area contributed by atoms with Gasteiger partial charge in [0.2, 0.25) is 0 Å². The minimum absolute atomic E-state index is 0.116. The number of rotatable bonds is 7. The van der Waals surface area contributed by atoms with Gasteiger partial charge >= 0.3 is 0 Å². The van der Waals surface area contributed by atoms with E-state index in [1.165, 1.54) is 88.2 Å². The van der Waals surface area contributed by atoms with Crippen LogP contribution >= 0.6 is 0 Å². The van der Waals surface area contributed by atoms with Gasteiger partial charge in [0.1, 0.15) is 5.82 Å². The molecular formula is C29H40FN. The molecule has 0 N–H and O–H groups in total. The summed E-state index contributed by atoms with van der Waals surface area (Å²) in [5.41, 5.74) is 3.91. The van der Waals surface area contributed by atoms with Crippen LogP contribution in [-0.4, -0.2) is 4.98 Å². The highest BCUT2D eigenvalue weighted by Gasteiger charge is 2.24. The van der Waals surface area contributed by atoms with Crippen molar-refractivity contribution >= 4 is 0 Å². The summed E-state index contributed by atoms with van der Waals surface area (Å²) in [6.45, 7) is 4.58. The zero-order valence-electron chi connectivity index (χ0n) is 19.6. The number of aromatic nitrogens is 1. The first-order valence-electron chi connectivity index (χ1n) is 12.9. The molecule has 2 fully saturated rings. The van der Waals surface area contributed by atoms with Crippen LogP contribution in [0.1, 0.15) is 114 Å². The summed E-state index contributed by atoms with van der Waals surface area (Å²) < 4.78 is 15.0. The Morgan fingerprint density at radius 1 is 0.806 bits per heavy atom. The maximum atomic E-state index is 15.0. The third-order valence-electron chi connectivity index (χ3n) is 8.24. The molecule has 4 rings (SSSR count). The third kappa shape index (κ3) is 5.57. The van der Waals surface area contributed by atoms with E-state index in [1.54, 1.807) is 6.07 Å². The monoisotopic (exact) mass is 421 g/mol. The number of hydrogen-bond donors (Lipinski definition) is 0. The van der Waals surface area contributed by atoms with Gasteiger partial charge in [-0.05, 0) is 104 Å². The molecule has 0 atom stereocenters. The van der Waals surface area contributed by atoms with Crippen LogP contribution in [0.4, 0.5) is 4.39 Å². The summed E-state index contributed by atoms with van der Waals surface area (Å²) in [5, 5.41) is 0. The number of halogens is 1. The highest BCUT2D eigenvalue weighted by Crippen LogP contribution is 2.39. The summed E-state index contributed by atoms with van der Waals surface area (Å²) in [6, 6.07) is 10.1. The molecule has 0 amide bonds. The Morgan fingerprint density at radius 2 is 1.45 bits per heavy atom. The molecule has 31 heavy (non-hydrogen) atoms. The first-order chi connectivity index (χ1) is 15.2. The van der Waals surface area contributed by atoms with E-state index < -0.39 is 0 Å². The Morgan fingerprint density at radius 3 is 2.03 bits per heavy atom.